The number of aryl methyl sites for hydroxylation is 1. The smallest absolute Gasteiger partial charge is 0.354 e. The van der Waals surface area contributed by atoms with Crippen molar-refractivity contribution in [3.63, 3.8) is 0 Å². The van der Waals surface area contributed by atoms with Gasteiger partial charge in [0.05, 0.1) is 12.5 Å². The van der Waals surface area contributed by atoms with E-state index in [4.69, 9.17) is 0 Å². The van der Waals surface area contributed by atoms with E-state index >= 15 is 0 Å². The summed E-state index contributed by atoms with van der Waals surface area (Å²) in [6.45, 7) is -0.273. The molecule has 6 nitrogen and oxygen atoms in total. The summed E-state index contributed by atoms with van der Waals surface area (Å²) >= 11 is 0. The van der Waals surface area contributed by atoms with Crippen molar-refractivity contribution in [3.8, 4) is 0 Å². The number of alkyl halides is 3. The van der Waals surface area contributed by atoms with Gasteiger partial charge >= 0.3 is 6.18 Å². The van der Waals surface area contributed by atoms with Crippen molar-refractivity contribution in [2.45, 2.75) is 51.2 Å². The minimum absolute atomic E-state index is 0.0861. The third-order valence-corrected chi connectivity index (χ3v) is 6.66. The second-order valence-corrected chi connectivity index (χ2v) is 9.12. The first-order valence-corrected chi connectivity index (χ1v) is 11.8. The number of fused-ring (bicyclic) bond motifs is 1. The topological polar surface area (TPSA) is 60.1 Å². The zero-order valence-corrected chi connectivity index (χ0v) is 19.9. The monoisotopic (exact) mass is 486 g/mol. The lowest BCUT2D eigenvalue weighted by Crippen LogP contribution is -2.36. The van der Waals surface area contributed by atoms with Crippen LogP contribution in [0.1, 0.15) is 41.9 Å². The number of nitrogens with zero attached hydrogens (tertiary/aromatic N) is 4. The van der Waals surface area contributed by atoms with Crippen LogP contribution in [0.3, 0.4) is 0 Å². The van der Waals surface area contributed by atoms with Crippen molar-refractivity contribution < 1.29 is 22.8 Å². The number of benzene rings is 1. The summed E-state index contributed by atoms with van der Waals surface area (Å²) in [5.41, 5.74) is 1.41. The quantitative estimate of drug-likeness (QED) is 0.468. The first kappa shape index (κ1) is 24.8. The van der Waals surface area contributed by atoms with Crippen LogP contribution in [0.25, 0.3) is 0 Å². The van der Waals surface area contributed by atoms with Gasteiger partial charge in [0.15, 0.2) is 11.5 Å². The van der Waals surface area contributed by atoms with Gasteiger partial charge < -0.3 is 9.47 Å². The molecule has 0 bridgehead atoms. The molecule has 0 saturated heterocycles. The number of rotatable bonds is 8. The first-order valence-electron chi connectivity index (χ1n) is 11.8. The Balaban J connectivity index is 1.56. The van der Waals surface area contributed by atoms with Gasteiger partial charge in [-0.1, -0.05) is 18.2 Å². The number of para-hydroxylation sites is 1. The maximum atomic E-state index is 13.5. The largest absolute Gasteiger partial charge is 0.435 e. The third-order valence-electron chi connectivity index (χ3n) is 6.66. The highest BCUT2D eigenvalue weighted by molar-refractivity contribution is 5.97. The second-order valence-electron chi connectivity index (χ2n) is 9.12. The summed E-state index contributed by atoms with van der Waals surface area (Å²) in [4.78, 5) is 28.1. The molecule has 1 aliphatic rings. The lowest BCUT2D eigenvalue weighted by molar-refractivity contribution is -0.142. The van der Waals surface area contributed by atoms with Gasteiger partial charge in [-0.25, -0.2) is 0 Å². The van der Waals surface area contributed by atoms with Crippen molar-refractivity contribution in [1.29, 1.82) is 0 Å². The van der Waals surface area contributed by atoms with Crippen molar-refractivity contribution in [2.75, 3.05) is 11.9 Å². The fraction of sp³-hybridized carbons (Fsp3) is 0.423. The van der Waals surface area contributed by atoms with Crippen LogP contribution < -0.4 is 4.90 Å². The molecule has 1 aliphatic carbocycles. The molecule has 186 valence electrons. The van der Waals surface area contributed by atoms with E-state index < -0.39 is 17.8 Å². The van der Waals surface area contributed by atoms with Gasteiger partial charge in [0.1, 0.15) is 0 Å². The molecule has 35 heavy (non-hydrogen) atoms. The normalized spacial score (nSPS) is 14.4. The average Bonchev–Trinajstić information content (AvgIpc) is 3.41. The predicted molar refractivity (Wildman–Crippen MR) is 126 cm³/mol. The minimum atomic E-state index is -4.56. The minimum Gasteiger partial charge on any atom is -0.354 e. The molecule has 2 aromatic heterocycles. The molecular formula is C26H29F3N4O2. The number of hydrogen-bond acceptors (Lipinski definition) is 3. The Hall–Kier alpha value is -3.36. The molecule has 0 N–H and O–H groups in total. The number of carbonyl (C=O) groups excluding carboxylic acids is 2. The van der Waals surface area contributed by atoms with Crippen molar-refractivity contribution in [2.24, 2.45) is 13.0 Å². The van der Waals surface area contributed by atoms with Crippen LogP contribution in [0.15, 0.2) is 48.7 Å². The number of aromatic nitrogens is 3. The van der Waals surface area contributed by atoms with E-state index in [0.717, 1.165) is 12.1 Å². The van der Waals surface area contributed by atoms with Crippen LogP contribution in [0.2, 0.25) is 0 Å². The highest BCUT2D eigenvalue weighted by atomic mass is 19.4. The molecule has 0 fully saturated rings. The number of ketones is 1. The van der Waals surface area contributed by atoms with Crippen LogP contribution in [0.4, 0.5) is 18.9 Å². The van der Waals surface area contributed by atoms with Gasteiger partial charge in [-0.15, -0.1) is 0 Å². The van der Waals surface area contributed by atoms with Crippen molar-refractivity contribution in [1.82, 2.24) is 14.3 Å². The molecule has 1 unspecified atom stereocenters. The summed E-state index contributed by atoms with van der Waals surface area (Å²) in [5.74, 6) is -1.19. The maximum Gasteiger partial charge on any atom is 0.435 e. The Bertz CT molecular complexity index is 1200. The molecule has 1 aromatic carbocycles. The lowest BCUT2D eigenvalue weighted by atomic mass is 9.94. The number of anilines is 1. The fourth-order valence-electron chi connectivity index (χ4n) is 4.80. The second kappa shape index (κ2) is 10.1. The van der Waals surface area contributed by atoms with Crippen LogP contribution in [0.5, 0.6) is 0 Å². The van der Waals surface area contributed by atoms with Crippen LogP contribution >= 0.6 is 0 Å². The number of hydrogen-bond donors (Lipinski definition) is 0. The molecule has 0 saturated carbocycles. The molecule has 4 rings (SSSR count). The summed E-state index contributed by atoms with van der Waals surface area (Å²) in [6.07, 6.45) is -0.209. The Kier molecular flexibility index (Phi) is 7.14. The zero-order valence-electron chi connectivity index (χ0n) is 19.9. The fourth-order valence-corrected chi connectivity index (χ4v) is 4.80. The molecular weight excluding hydrogens is 457 g/mol. The van der Waals surface area contributed by atoms with E-state index in [2.05, 4.69) is 5.10 Å². The van der Waals surface area contributed by atoms with Crippen molar-refractivity contribution >= 4 is 17.4 Å². The van der Waals surface area contributed by atoms with Gasteiger partial charge in [-0.3, -0.25) is 14.3 Å². The molecule has 1 atom stereocenters. The van der Waals surface area contributed by atoms with Gasteiger partial charge in [0.2, 0.25) is 5.91 Å². The molecule has 0 radical (unpaired) electrons. The molecule has 0 spiro atoms. The standard InChI is InChI=1S/C26H29F3N4O2/c1-31-14-8-11-20(31)15-18(25(35)32(2)19-9-4-3-5-10-19)16-21(34)17-33-23-13-7-6-12-22(23)24(30-33)26(27,28)29/h3-5,8-11,14,18H,6-7,12-13,15-17H2,1-2H3. The highest BCUT2D eigenvalue weighted by Crippen LogP contribution is 2.36. The van der Waals surface area contributed by atoms with E-state index in [-0.39, 0.29) is 30.2 Å². The molecule has 0 aliphatic heterocycles. The van der Waals surface area contributed by atoms with E-state index in [1.165, 1.54) is 9.58 Å². The van der Waals surface area contributed by atoms with E-state index in [1.54, 1.807) is 7.05 Å². The highest BCUT2D eigenvalue weighted by Gasteiger charge is 2.39. The molecule has 9 heteroatoms. The van der Waals surface area contributed by atoms with Gasteiger partial charge in [-0.05, 0) is 56.4 Å². The first-order chi connectivity index (χ1) is 16.6. The summed E-state index contributed by atoms with van der Waals surface area (Å²) in [7, 11) is 3.54. The van der Waals surface area contributed by atoms with Gasteiger partial charge in [0.25, 0.3) is 0 Å². The van der Waals surface area contributed by atoms with Crippen molar-refractivity contribution in [3.05, 3.63) is 71.3 Å². The third kappa shape index (κ3) is 5.49. The van der Waals surface area contributed by atoms with Crippen LogP contribution in [-0.2, 0) is 48.6 Å². The number of halogens is 3. The van der Waals surface area contributed by atoms with E-state index in [0.29, 0.717) is 37.1 Å². The predicted octanol–water partition coefficient (Wildman–Crippen LogP) is 4.60. The number of Topliss-reactive ketones (excluding diaryl/α,β-unsaturated/α-hetero) is 1. The van der Waals surface area contributed by atoms with Gasteiger partial charge in [0, 0.05) is 49.4 Å². The van der Waals surface area contributed by atoms with Crippen LogP contribution in [0, 0.1) is 5.92 Å². The Morgan fingerprint density at radius 3 is 2.46 bits per heavy atom. The summed E-state index contributed by atoms with van der Waals surface area (Å²) in [5, 5.41) is 3.80. The number of carbonyl (C=O) groups is 2. The van der Waals surface area contributed by atoms with Gasteiger partial charge in [-0.2, -0.15) is 18.3 Å². The Labute approximate surface area is 202 Å². The Morgan fingerprint density at radius 1 is 1.09 bits per heavy atom. The molecule has 1 amide bonds. The maximum absolute atomic E-state index is 13.5. The Morgan fingerprint density at radius 2 is 1.80 bits per heavy atom. The summed E-state index contributed by atoms with van der Waals surface area (Å²) < 4.78 is 43.7. The van der Waals surface area contributed by atoms with E-state index in [9.17, 15) is 22.8 Å². The molecule has 3 aromatic rings. The van der Waals surface area contributed by atoms with Crippen LogP contribution in [-0.4, -0.2) is 33.1 Å². The lowest BCUT2D eigenvalue weighted by Gasteiger charge is -2.24. The van der Waals surface area contributed by atoms with E-state index in [1.807, 2.05) is 60.3 Å². The molecule has 2 heterocycles. The summed E-state index contributed by atoms with van der Waals surface area (Å²) in [6, 6.07) is 12.9. The average molecular weight is 487 g/mol. The SMILES string of the molecule is CN(C(=O)C(CC(=O)Cn1nc(C(F)(F)F)c2c1CCCC2)Cc1cccn1C)c1ccccc1. The number of amides is 1. The zero-order chi connectivity index (χ0) is 25.2.